The second kappa shape index (κ2) is 5.85. The lowest BCUT2D eigenvalue weighted by molar-refractivity contribution is -0.123. The van der Waals surface area contributed by atoms with Crippen molar-refractivity contribution < 1.29 is 4.79 Å². The first-order valence-corrected chi connectivity index (χ1v) is 6.30. The molecule has 0 saturated heterocycles. The Kier molecular flexibility index (Phi) is 4.73. The number of benzene rings is 1. The van der Waals surface area contributed by atoms with E-state index in [-0.39, 0.29) is 17.4 Å². The SMILES string of the molecule is CCC(C)(C)NC(=O)CC(C)c1ccccc1. The van der Waals surface area contributed by atoms with Gasteiger partial charge in [-0.15, -0.1) is 0 Å². The highest BCUT2D eigenvalue weighted by atomic mass is 16.1. The zero-order valence-electron chi connectivity index (χ0n) is 11.3. The largest absolute Gasteiger partial charge is 0.351 e. The summed E-state index contributed by atoms with van der Waals surface area (Å²) < 4.78 is 0. The van der Waals surface area contributed by atoms with Crippen LogP contribution in [0.4, 0.5) is 0 Å². The molecule has 17 heavy (non-hydrogen) atoms. The second-order valence-electron chi connectivity index (χ2n) is 5.30. The van der Waals surface area contributed by atoms with E-state index < -0.39 is 0 Å². The predicted molar refractivity (Wildman–Crippen MR) is 72.0 cm³/mol. The highest BCUT2D eigenvalue weighted by Crippen LogP contribution is 2.19. The summed E-state index contributed by atoms with van der Waals surface area (Å²) in [7, 11) is 0. The standard InChI is InChI=1S/C15H23NO/c1-5-15(3,4)16-14(17)11-12(2)13-9-7-6-8-10-13/h6-10,12H,5,11H2,1-4H3,(H,16,17). The molecule has 0 heterocycles. The van der Waals surface area contributed by atoms with Gasteiger partial charge >= 0.3 is 0 Å². The van der Waals surface area contributed by atoms with E-state index in [1.807, 2.05) is 18.2 Å². The highest BCUT2D eigenvalue weighted by Gasteiger charge is 2.19. The van der Waals surface area contributed by atoms with Crippen molar-refractivity contribution in [1.82, 2.24) is 5.32 Å². The third-order valence-electron chi connectivity index (χ3n) is 3.22. The van der Waals surface area contributed by atoms with Gasteiger partial charge in [0, 0.05) is 12.0 Å². The van der Waals surface area contributed by atoms with Crippen LogP contribution in [0.25, 0.3) is 0 Å². The predicted octanol–water partition coefficient (Wildman–Crippen LogP) is 3.49. The lowest BCUT2D eigenvalue weighted by Gasteiger charge is -2.25. The maximum Gasteiger partial charge on any atom is 0.221 e. The van der Waals surface area contributed by atoms with Crippen LogP contribution in [0.1, 0.15) is 52.0 Å². The summed E-state index contributed by atoms with van der Waals surface area (Å²) in [4.78, 5) is 11.9. The number of rotatable bonds is 5. The molecule has 1 aromatic carbocycles. The molecule has 2 nitrogen and oxygen atoms in total. The van der Waals surface area contributed by atoms with Gasteiger partial charge in [0.1, 0.15) is 0 Å². The average Bonchev–Trinajstić information content (AvgIpc) is 2.29. The number of carbonyl (C=O) groups excluding carboxylic acids is 1. The molecule has 0 aromatic heterocycles. The molecule has 0 fully saturated rings. The van der Waals surface area contributed by atoms with Crippen molar-refractivity contribution in [2.45, 2.75) is 52.0 Å². The number of hydrogen-bond donors (Lipinski definition) is 1. The Morgan fingerprint density at radius 3 is 2.41 bits per heavy atom. The molecule has 0 spiro atoms. The molecule has 2 heteroatoms. The first kappa shape index (κ1) is 13.8. The van der Waals surface area contributed by atoms with E-state index in [0.29, 0.717) is 6.42 Å². The summed E-state index contributed by atoms with van der Waals surface area (Å²) in [6.45, 7) is 8.28. The molecule has 0 saturated carbocycles. The summed E-state index contributed by atoms with van der Waals surface area (Å²) in [6, 6.07) is 10.2. The van der Waals surface area contributed by atoms with E-state index in [2.05, 4.69) is 45.1 Å². The molecule has 0 radical (unpaired) electrons. The number of hydrogen-bond acceptors (Lipinski definition) is 1. The van der Waals surface area contributed by atoms with Crippen LogP contribution in [0.5, 0.6) is 0 Å². The fourth-order valence-electron chi connectivity index (χ4n) is 1.69. The summed E-state index contributed by atoms with van der Waals surface area (Å²) >= 11 is 0. The zero-order valence-corrected chi connectivity index (χ0v) is 11.3. The normalized spacial score (nSPS) is 13.2. The monoisotopic (exact) mass is 233 g/mol. The van der Waals surface area contributed by atoms with Crippen LogP contribution in [-0.4, -0.2) is 11.4 Å². The van der Waals surface area contributed by atoms with Crippen molar-refractivity contribution >= 4 is 5.91 Å². The molecule has 1 atom stereocenters. The second-order valence-corrected chi connectivity index (χ2v) is 5.30. The summed E-state index contributed by atoms with van der Waals surface area (Å²) in [5.41, 5.74) is 1.12. The quantitative estimate of drug-likeness (QED) is 0.828. The maximum atomic E-state index is 11.9. The van der Waals surface area contributed by atoms with Gasteiger partial charge in [-0.1, -0.05) is 44.2 Å². The van der Waals surface area contributed by atoms with Crippen molar-refractivity contribution in [1.29, 1.82) is 0 Å². The molecule has 0 aliphatic rings. The lowest BCUT2D eigenvalue weighted by atomic mass is 9.96. The Morgan fingerprint density at radius 2 is 1.88 bits per heavy atom. The van der Waals surface area contributed by atoms with E-state index in [9.17, 15) is 4.79 Å². The van der Waals surface area contributed by atoms with Crippen molar-refractivity contribution in [3.63, 3.8) is 0 Å². The van der Waals surface area contributed by atoms with Gasteiger partial charge in [-0.2, -0.15) is 0 Å². The lowest BCUT2D eigenvalue weighted by Crippen LogP contribution is -2.43. The Morgan fingerprint density at radius 1 is 1.29 bits per heavy atom. The smallest absolute Gasteiger partial charge is 0.221 e. The molecule has 0 aliphatic carbocycles. The van der Waals surface area contributed by atoms with Crippen LogP contribution < -0.4 is 5.32 Å². The molecule has 1 unspecified atom stereocenters. The van der Waals surface area contributed by atoms with Gasteiger partial charge in [0.25, 0.3) is 0 Å². The van der Waals surface area contributed by atoms with Crippen LogP contribution in [0.15, 0.2) is 30.3 Å². The molecular formula is C15H23NO. The first-order chi connectivity index (χ1) is 7.94. The summed E-state index contributed by atoms with van der Waals surface area (Å²) in [6.07, 6.45) is 1.49. The third kappa shape index (κ3) is 4.59. The van der Waals surface area contributed by atoms with Crippen molar-refractivity contribution in [2.24, 2.45) is 0 Å². The van der Waals surface area contributed by atoms with Gasteiger partial charge < -0.3 is 5.32 Å². The molecule has 94 valence electrons. The van der Waals surface area contributed by atoms with Gasteiger partial charge in [0.05, 0.1) is 0 Å². The molecule has 1 N–H and O–H groups in total. The first-order valence-electron chi connectivity index (χ1n) is 6.30. The van der Waals surface area contributed by atoms with Crippen LogP contribution in [-0.2, 0) is 4.79 Å². The summed E-state index contributed by atoms with van der Waals surface area (Å²) in [5, 5.41) is 3.07. The highest BCUT2D eigenvalue weighted by molar-refractivity contribution is 5.77. The van der Waals surface area contributed by atoms with Crippen molar-refractivity contribution in [3.05, 3.63) is 35.9 Å². The molecule has 0 aliphatic heterocycles. The fraction of sp³-hybridized carbons (Fsp3) is 0.533. The molecular weight excluding hydrogens is 210 g/mol. The van der Waals surface area contributed by atoms with E-state index in [1.165, 1.54) is 5.56 Å². The van der Waals surface area contributed by atoms with Crippen molar-refractivity contribution in [3.8, 4) is 0 Å². The summed E-state index contributed by atoms with van der Waals surface area (Å²) in [5.74, 6) is 0.400. The zero-order chi connectivity index (χ0) is 12.9. The number of amides is 1. The Bertz CT molecular complexity index is 356. The van der Waals surface area contributed by atoms with Gasteiger partial charge in [0.15, 0.2) is 0 Å². The fourth-order valence-corrected chi connectivity index (χ4v) is 1.69. The number of nitrogens with one attached hydrogen (secondary N) is 1. The van der Waals surface area contributed by atoms with Gasteiger partial charge in [-0.3, -0.25) is 4.79 Å². The topological polar surface area (TPSA) is 29.1 Å². The third-order valence-corrected chi connectivity index (χ3v) is 3.22. The Balaban J connectivity index is 2.52. The van der Waals surface area contributed by atoms with Crippen LogP contribution in [0.2, 0.25) is 0 Å². The molecule has 1 amide bonds. The Hall–Kier alpha value is -1.31. The minimum Gasteiger partial charge on any atom is -0.351 e. The van der Waals surface area contributed by atoms with Crippen LogP contribution in [0.3, 0.4) is 0 Å². The van der Waals surface area contributed by atoms with Gasteiger partial charge in [-0.25, -0.2) is 0 Å². The Labute approximate surface area is 104 Å². The number of carbonyl (C=O) groups is 1. The van der Waals surface area contributed by atoms with Crippen LogP contribution in [0, 0.1) is 0 Å². The maximum absolute atomic E-state index is 11.9. The minimum absolute atomic E-state index is 0.104. The molecule has 1 aromatic rings. The average molecular weight is 233 g/mol. The van der Waals surface area contributed by atoms with Gasteiger partial charge in [0.2, 0.25) is 5.91 Å². The van der Waals surface area contributed by atoms with Crippen molar-refractivity contribution in [2.75, 3.05) is 0 Å². The van der Waals surface area contributed by atoms with E-state index in [4.69, 9.17) is 0 Å². The minimum atomic E-state index is -0.104. The molecule has 1 rings (SSSR count). The van der Waals surface area contributed by atoms with E-state index in [0.717, 1.165) is 6.42 Å². The van der Waals surface area contributed by atoms with E-state index >= 15 is 0 Å². The van der Waals surface area contributed by atoms with Crippen LogP contribution >= 0.6 is 0 Å². The van der Waals surface area contributed by atoms with E-state index in [1.54, 1.807) is 0 Å². The molecule has 0 bridgehead atoms. The van der Waals surface area contributed by atoms with Gasteiger partial charge in [-0.05, 0) is 31.7 Å².